The summed E-state index contributed by atoms with van der Waals surface area (Å²) in [5.74, 6) is 0. The Morgan fingerprint density at radius 2 is 1.29 bits per heavy atom. The predicted octanol–water partition coefficient (Wildman–Crippen LogP) is 3.65. The fourth-order valence-electron chi connectivity index (χ4n) is 1.65. The smallest absolute Gasteiger partial charge is 0.268 e. The van der Waals surface area contributed by atoms with Gasteiger partial charge in [0.15, 0.2) is 0 Å². The van der Waals surface area contributed by atoms with Crippen LogP contribution < -0.4 is 0 Å². The van der Waals surface area contributed by atoms with Gasteiger partial charge in [-0.15, -0.1) is 0 Å². The van der Waals surface area contributed by atoms with Crippen LogP contribution in [0.5, 0.6) is 0 Å². The van der Waals surface area contributed by atoms with Crippen LogP contribution in [-0.4, -0.2) is 11.5 Å². The molecule has 1 N–H and O–H groups in total. The highest BCUT2D eigenvalue weighted by atomic mass is 19.3. The van der Waals surface area contributed by atoms with Gasteiger partial charge in [0.25, 0.3) is 6.43 Å². The third-order valence-corrected chi connectivity index (χ3v) is 2.60. The average Bonchev–Trinajstić information content (AvgIpc) is 2.39. The van der Waals surface area contributed by atoms with Gasteiger partial charge in [0.05, 0.1) is 0 Å². The van der Waals surface area contributed by atoms with E-state index >= 15 is 0 Å². The number of aliphatic hydroxyl groups is 1. The largest absolute Gasteiger partial charge is 0.382 e. The van der Waals surface area contributed by atoms with E-state index in [0.29, 0.717) is 0 Å². The monoisotopic (exact) mass is 234 g/mol. The lowest BCUT2D eigenvalue weighted by atomic mass is 10.0. The van der Waals surface area contributed by atoms with Gasteiger partial charge in [-0.25, -0.2) is 8.78 Å². The molecule has 88 valence electrons. The van der Waals surface area contributed by atoms with E-state index in [1.807, 2.05) is 30.3 Å². The van der Waals surface area contributed by atoms with Gasteiger partial charge in [-0.1, -0.05) is 54.6 Å². The summed E-state index contributed by atoms with van der Waals surface area (Å²) in [7, 11) is 0. The average molecular weight is 234 g/mol. The van der Waals surface area contributed by atoms with Gasteiger partial charge in [-0.3, -0.25) is 0 Å². The topological polar surface area (TPSA) is 20.2 Å². The van der Waals surface area contributed by atoms with Gasteiger partial charge >= 0.3 is 0 Å². The molecule has 2 rings (SSSR count). The van der Waals surface area contributed by atoms with E-state index in [-0.39, 0.29) is 5.56 Å². The predicted molar refractivity (Wildman–Crippen MR) is 62.8 cm³/mol. The minimum atomic E-state index is -2.75. The van der Waals surface area contributed by atoms with Crippen LogP contribution in [-0.2, 0) is 0 Å². The minimum absolute atomic E-state index is 0.236. The van der Waals surface area contributed by atoms with Crippen molar-refractivity contribution in [1.29, 1.82) is 0 Å². The van der Waals surface area contributed by atoms with Crippen molar-refractivity contribution in [2.75, 3.05) is 0 Å². The Morgan fingerprint density at radius 3 is 1.82 bits per heavy atom. The van der Waals surface area contributed by atoms with Crippen LogP contribution in [0.3, 0.4) is 0 Å². The first-order chi connectivity index (χ1) is 8.18. The van der Waals surface area contributed by atoms with E-state index in [1.54, 1.807) is 12.1 Å². The van der Waals surface area contributed by atoms with Crippen molar-refractivity contribution in [1.82, 2.24) is 0 Å². The maximum atomic E-state index is 12.3. The Labute approximate surface area is 98.3 Å². The number of aliphatic hydroxyl groups excluding tert-OH is 1. The van der Waals surface area contributed by atoms with Crippen LogP contribution in [0.25, 0.3) is 11.1 Å². The van der Waals surface area contributed by atoms with Crippen molar-refractivity contribution in [2.45, 2.75) is 12.5 Å². The van der Waals surface area contributed by atoms with Crippen LogP contribution in [0, 0.1) is 0 Å². The van der Waals surface area contributed by atoms with Crippen molar-refractivity contribution in [3.63, 3.8) is 0 Å². The molecule has 0 spiro atoms. The van der Waals surface area contributed by atoms with Gasteiger partial charge in [0.1, 0.15) is 6.10 Å². The van der Waals surface area contributed by atoms with E-state index in [4.69, 9.17) is 0 Å². The summed E-state index contributed by atoms with van der Waals surface area (Å²) >= 11 is 0. The number of hydrogen-bond acceptors (Lipinski definition) is 1. The fourth-order valence-corrected chi connectivity index (χ4v) is 1.65. The summed E-state index contributed by atoms with van der Waals surface area (Å²) in [6, 6.07) is 16.1. The molecule has 3 heteroatoms. The first-order valence-corrected chi connectivity index (χ1v) is 5.30. The molecule has 1 atom stereocenters. The van der Waals surface area contributed by atoms with Gasteiger partial charge in [-0.2, -0.15) is 0 Å². The number of rotatable bonds is 3. The Morgan fingerprint density at radius 1 is 0.765 bits per heavy atom. The Hall–Kier alpha value is -1.74. The van der Waals surface area contributed by atoms with E-state index in [9.17, 15) is 13.9 Å². The molecule has 0 radical (unpaired) electrons. The Balaban J connectivity index is 2.25. The molecular formula is C14H12F2O. The lowest BCUT2D eigenvalue weighted by Gasteiger charge is -2.10. The molecule has 0 aliphatic heterocycles. The molecule has 1 nitrogen and oxygen atoms in total. The van der Waals surface area contributed by atoms with Gasteiger partial charge in [0.2, 0.25) is 0 Å². The molecular weight excluding hydrogens is 222 g/mol. The highest BCUT2D eigenvalue weighted by molar-refractivity contribution is 5.63. The normalized spacial score (nSPS) is 12.7. The summed E-state index contributed by atoms with van der Waals surface area (Å²) < 4.78 is 24.6. The molecule has 2 aromatic carbocycles. The Kier molecular flexibility index (Phi) is 3.49. The molecule has 1 unspecified atom stereocenters. The molecule has 2 aromatic rings. The summed E-state index contributed by atoms with van der Waals surface area (Å²) in [5.41, 5.74) is 2.20. The second-order valence-electron chi connectivity index (χ2n) is 3.77. The molecule has 0 aliphatic rings. The lowest BCUT2D eigenvalue weighted by Crippen LogP contribution is -2.07. The molecule has 0 saturated heterocycles. The van der Waals surface area contributed by atoms with Crippen LogP contribution in [0.1, 0.15) is 11.7 Å². The highest BCUT2D eigenvalue weighted by Gasteiger charge is 2.18. The molecule has 0 bridgehead atoms. The standard InChI is InChI=1S/C14H12F2O/c15-14(16)13(17)12-8-6-11(7-9-12)10-4-2-1-3-5-10/h1-9,13-14,17H. The molecule has 0 heterocycles. The zero-order chi connectivity index (χ0) is 12.3. The van der Waals surface area contributed by atoms with Crippen molar-refractivity contribution in [3.8, 4) is 11.1 Å². The van der Waals surface area contributed by atoms with Crippen LogP contribution in [0.2, 0.25) is 0 Å². The van der Waals surface area contributed by atoms with E-state index in [1.165, 1.54) is 12.1 Å². The summed E-state index contributed by atoms with van der Waals surface area (Å²) in [5, 5.41) is 9.21. The molecule has 0 saturated carbocycles. The van der Waals surface area contributed by atoms with Crippen molar-refractivity contribution in [3.05, 3.63) is 60.2 Å². The summed E-state index contributed by atoms with van der Waals surface area (Å²) in [6.07, 6.45) is -4.46. The van der Waals surface area contributed by atoms with E-state index < -0.39 is 12.5 Å². The zero-order valence-electron chi connectivity index (χ0n) is 9.05. The molecule has 0 aromatic heterocycles. The van der Waals surface area contributed by atoms with Crippen molar-refractivity contribution < 1.29 is 13.9 Å². The number of alkyl halides is 2. The van der Waals surface area contributed by atoms with Crippen LogP contribution in [0.4, 0.5) is 8.78 Å². The second kappa shape index (κ2) is 5.06. The number of halogens is 2. The number of hydrogen-bond donors (Lipinski definition) is 1. The quantitative estimate of drug-likeness (QED) is 0.859. The molecule has 0 amide bonds. The minimum Gasteiger partial charge on any atom is -0.382 e. The molecule has 0 fully saturated rings. The zero-order valence-corrected chi connectivity index (χ0v) is 9.05. The third kappa shape index (κ3) is 2.68. The first-order valence-electron chi connectivity index (χ1n) is 5.30. The van der Waals surface area contributed by atoms with Crippen LogP contribution in [0.15, 0.2) is 54.6 Å². The van der Waals surface area contributed by atoms with E-state index in [2.05, 4.69) is 0 Å². The van der Waals surface area contributed by atoms with Gasteiger partial charge in [0, 0.05) is 0 Å². The highest BCUT2D eigenvalue weighted by Crippen LogP contribution is 2.24. The molecule has 17 heavy (non-hydrogen) atoms. The van der Waals surface area contributed by atoms with Gasteiger partial charge in [-0.05, 0) is 16.7 Å². The lowest BCUT2D eigenvalue weighted by molar-refractivity contribution is -0.00577. The van der Waals surface area contributed by atoms with E-state index in [0.717, 1.165) is 11.1 Å². The second-order valence-corrected chi connectivity index (χ2v) is 3.77. The first kappa shape index (κ1) is 11.7. The molecule has 0 aliphatic carbocycles. The van der Waals surface area contributed by atoms with Crippen molar-refractivity contribution in [2.24, 2.45) is 0 Å². The SMILES string of the molecule is OC(c1ccc(-c2ccccc2)cc1)C(F)F. The third-order valence-electron chi connectivity index (χ3n) is 2.60. The van der Waals surface area contributed by atoms with Gasteiger partial charge < -0.3 is 5.11 Å². The maximum Gasteiger partial charge on any atom is 0.268 e. The Bertz CT molecular complexity index is 465. The number of benzene rings is 2. The van der Waals surface area contributed by atoms with Crippen LogP contribution >= 0.6 is 0 Å². The maximum absolute atomic E-state index is 12.3. The fraction of sp³-hybridized carbons (Fsp3) is 0.143. The summed E-state index contributed by atoms with van der Waals surface area (Å²) in [4.78, 5) is 0. The summed E-state index contributed by atoms with van der Waals surface area (Å²) in [6.45, 7) is 0. The van der Waals surface area contributed by atoms with Crippen molar-refractivity contribution >= 4 is 0 Å².